The largest absolute Gasteiger partial charge is 0.453 e. The molecule has 9 heterocycles. The van der Waals surface area contributed by atoms with Crippen molar-refractivity contribution >= 4 is 64.1 Å². The fourth-order valence-electron chi connectivity index (χ4n) is 8.02. The number of hydrogen-bond donors (Lipinski definition) is 1. The van der Waals surface area contributed by atoms with E-state index in [4.69, 9.17) is 49.5 Å². The molecule has 64 heavy (non-hydrogen) atoms. The van der Waals surface area contributed by atoms with Crippen molar-refractivity contribution in [3.63, 3.8) is 0 Å². The average molecular weight is 966 g/mol. The van der Waals surface area contributed by atoms with Crippen molar-refractivity contribution in [2.75, 3.05) is 56.9 Å². The first-order chi connectivity index (χ1) is 30.9. The highest BCUT2D eigenvalue weighted by Crippen LogP contribution is 2.35. The van der Waals surface area contributed by atoms with E-state index in [1.54, 1.807) is 60.6 Å². The summed E-state index contributed by atoms with van der Waals surface area (Å²) >= 11 is 9.99. The van der Waals surface area contributed by atoms with E-state index < -0.39 is 11.3 Å². The first-order valence-corrected chi connectivity index (χ1v) is 25.1. The minimum Gasteiger partial charge on any atom is -0.453 e. The van der Waals surface area contributed by atoms with Gasteiger partial charge < -0.3 is 43.0 Å². The minimum absolute atomic E-state index is 0.0428. The molecule has 2 N–H and O–H groups in total. The lowest BCUT2D eigenvalue weighted by Gasteiger charge is -2.17. The number of aliphatic hydroxyl groups excluding tert-OH is 1. The third-order valence-electron chi connectivity index (χ3n) is 11.2. The molecule has 0 radical (unpaired) electrons. The lowest BCUT2D eigenvalue weighted by molar-refractivity contribution is -0.427. The lowest BCUT2D eigenvalue weighted by Crippen LogP contribution is -2.33. The number of fused-ring (bicyclic) bond motifs is 3. The summed E-state index contributed by atoms with van der Waals surface area (Å²) in [4.78, 5) is 47.0. The van der Waals surface area contributed by atoms with Crippen LogP contribution in [0.3, 0.4) is 0 Å². The van der Waals surface area contributed by atoms with E-state index >= 15 is 0 Å². The van der Waals surface area contributed by atoms with E-state index in [1.807, 2.05) is 27.0 Å². The second-order valence-corrected chi connectivity index (χ2v) is 20.0. The molecule has 0 bridgehead atoms. The summed E-state index contributed by atoms with van der Waals surface area (Å²) in [6.45, 7) is 15.7. The smallest absolute Gasteiger partial charge is 0.346 e. The molecule has 0 amide bonds. The number of nitrogens with zero attached hydrogens (tertiary/aromatic N) is 2. The predicted molar refractivity (Wildman–Crippen MR) is 241 cm³/mol. The summed E-state index contributed by atoms with van der Waals surface area (Å²) < 4.78 is 44.7. The molecule has 0 spiro atoms. The molecule has 3 aromatic rings. The first-order valence-electron chi connectivity index (χ1n) is 21.7. The van der Waals surface area contributed by atoms with Crippen LogP contribution in [0.2, 0.25) is 0 Å². The molecular weight excluding hydrogens is 906 g/mol. The van der Waals surface area contributed by atoms with E-state index in [0.717, 1.165) is 28.9 Å². The van der Waals surface area contributed by atoms with Gasteiger partial charge in [0.15, 0.2) is 18.4 Å². The topological polar surface area (TPSA) is 185 Å². The Morgan fingerprint density at radius 3 is 1.58 bits per heavy atom. The number of nitrogens with one attached hydrogen (secondary N) is 1. The molecule has 3 aromatic heterocycles. The van der Waals surface area contributed by atoms with Crippen LogP contribution in [-0.4, -0.2) is 144 Å². The lowest BCUT2D eigenvalue weighted by atomic mass is 10.0. The van der Waals surface area contributed by atoms with Crippen molar-refractivity contribution in [2.45, 2.75) is 112 Å². The molecule has 0 aromatic carbocycles. The fourth-order valence-corrected chi connectivity index (χ4v) is 10.4. The normalized spacial score (nSPS) is 30.6. The van der Waals surface area contributed by atoms with Gasteiger partial charge in [0, 0.05) is 42.0 Å². The molecule has 6 saturated heterocycles. The summed E-state index contributed by atoms with van der Waals surface area (Å²) in [7, 11) is 0. The minimum atomic E-state index is -0.445. The van der Waals surface area contributed by atoms with E-state index in [9.17, 15) is 19.5 Å². The number of thioether (sulfide) groups is 3. The molecule has 9 rings (SSSR count). The van der Waals surface area contributed by atoms with Gasteiger partial charge in [-0.3, -0.25) is 4.79 Å². The number of pyridine rings is 3. The Morgan fingerprint density at radius 1 is 0.625 bits per heavy atom. The SMILES string of the molecule is CCSc1[nH+]cccc1C(=O)O[C@@H]1CO[C@H]2[C@@H]1OC[C@@H]2C.CCSc1ncccc1C(=O)Cl.CCSc1ncccc1C(=O)O[C@@H]1CO[C@H]2[C@@H]1OC[C@@H]2C.C[C@H]1CO[C@H]2[C@@H]1OC[C@H]2O. The van der Waals surface area contributed by atoms with Crippen molar-refractivity contribution in [1.82, 2.24) is 9.97 Å². The van der Waals surface area contributed by atoms with Gasteiger partial charge in [-0.1, -0.05) is 53.3 Å². The van der Waals surface area contributed by atoms with Crippen LogP contribution in [0.25, 0.3) is 0 Å². The molecule has 6 fully saturated rings. The summed E-state index contributed by atoms with van der Waals surface area (Å²) in [6, 6.07) is 10.5. The Labute approximate surface area is 392 Å². The van der Waals surface area contributed by atoms with Gasteiger partial charge in [-0.15, -0.1) is 23.5 Å². The summed E-state index contributed by atoms with van der Waals surface area (Å²) in [5, 5.41) is 11.1. The predicted octanol–water partition coefficient (Wildman–Crippen LogP) is 6.08. The van der Waals surface area contributed by atoms with Gasteiger partial charge in [-0.2, -0.15) is 0 Å². The number of hydrogen-bond acceptors (Lipinski definition) is 17. The van der Waals surface area contributed by atoms with Gasteiger partial charge in [0.05, 0.1) is 69.1 Å². The molecule has 0 saturated carbocycles. The van der Waals surface area contributed by atoms with Crippen molar-refractivity contribution in [3.8, 4) is 0 Å². The fraction of sp³-hybridized carbons (Fsp3) is 0.600. The van der Waals surface area contributed by atoms with Crippen LogP contribution < -0.4 is 4.98 Å². The molecule has 0 aliphatic carbocycles. The highest BCUT2D eigenvalue weighted by Gasteiger charge is 2.49. The quantitative estimate of drug-likeness (QED) is 0.132. The van der Waals surface area contributed by atoms with Crippen LogP contribution in [0.1, 0.15) is 72.6 Å². The maximum atomic E-state index is 12.4. The zero-order valence-electron chi connectivity index (χ0n) is 36.9. The zero-order valence-corrected chi connectivity index (χ0v) is 40.1. The van der Waals surface area contributed by atoms with E-state index in [1.165, 1.54) is 23.5 Å². The summed E-state index contributed by atoms with van der Waals surface area (Å²) in [6.07, 6.45) is 4.05. The van der Waals surface area contributed by atoms with Crippen molar-refractivity contribution in [1.29, 1.82) is 0 Å². The highest BCUT2D eigenvalue weighted by atomic mass is 35.5. The Kier molecular flexibility index (Phi) is 19.6. The average Bonchev–Trinajstić information content (AvgIpc) is 4.16. The van der Waals surface area contributed by atoms with Gasteiger partial charge in [-0.25, -0.2) is 24.5 Å². The van der Waals surface area contributed by atoms with E-state index in [0.29, 0.717) is 77.5 Å². The molecule has 0 unspecified atom stereocenters. The van der Waals surface area contributed by atoms with Gasteiger partial charge in [0.25, 0.3) is 10.3 Å². The Morgan fingerprint density at radius 2 is 1.06 bits per heavy atom. The number of aromatic amines is 1. The van der Waals surface area contributed by atoms with Crippen LogP contribution in [0.4, 0.5) is 0 Å². The van der Waals surface area contributed by atoms with Crippen LogP contribution in [0, 0.1) is 17.8 Å². The number of H-pyrrole nitrogens is 1. The molecule has 6 aliphatic heterocycles. The number of rotatable bonds is 11. The summed E-state index contributed by atoms with van der Waals surface area (Å²) in [5.41, 5.74) is 1.57. The first kappa shape index (κ1) is 50.5. The number of ether oxygens (including phenoxy) is 8. The summed E-state index contributed by atoms with van der Waals surface area (Å²) in [5.74, 6) is 3.11. The van der Waals surface area contributed by atoms with Gasteiger partial charge in [0.2, 0.25) is 0 Å². The standard InChI is InChI=1S/2C15H19NO4S.C8H8ClNOS.C7H12O3/c2*1-3-21-14-10(5-4-6-16-14)15(17)20-11-8-19-12-9(2)7-18-13(11)12;1-2-12-8-6(7(9)11)4-3-5-10-8;1-4-2-9-7-5(8)3-10-6(4)7/h2*4-6,9,11-13H,3,7-8H2,1-2H3;3-5H,2H2,1H3;4-8H,2-3H2,1H3/p+1/t2*9-,11+,12+,13+;;4-,5+,6+,7+/m00.0/s1. The maximum Gasteiger partial charge on any atom is 0.346 e. The van der Waals surface area contributed by atoms with E-state index in [-0.39, 0.29) is 60.8 Å². The van der Waals surface area contributed by atoms with Crippen molar-refractivity contribution in [3.05, 3.63) is 71.7 Å². The third kappa shape index (κ3) is 12.8. The number of aromatic nitrogens is 3. The third-order valence-corrected chi connectivity index (χ3v) is 14.1. The number of aliphatic hydroxyl groups is 1. The zero-order chi connectivity index (χ0) is 45.8. The molecule has 350 valence electrons. The van der Waals surface area contributed by atoms with Gasteiger partial charge in [0.1, 0.15) is 40.0 Å². The Balaban J connectivity index is 0.000000148. The number of carbonyl (C=O) groups excluding carboxylic acids is 3. The molecule has 15 nitrogen and oxygen atoms in total. The van der Waals surface area contributed by atoms with Crippen LogP contribution >= 0.6 is 46.9 Å². The Bertz CT molecular complexity index is 1900. The number of carbonyl (C=O) groups is 3. The number of esters is 2. The monoisotopic (exact) mass is 964 g/mol. The molecule has 19 heteroatoms. The maximum absolute atomic E-state index is 12.4. The van der Waals surface area contributed by atoms with Gasteiger partial charge >= 0.3 is 11.9 Å². The van der Waals surface area contributed by atoms with Gasteiger partial charge in [-0.05, 0) is 53.4 Å². The molecular formula is C45H59ClN3O12S3+. The molecule has 12 atom stereocenters. The Hall–Kier alpha value is -2.88. The second-order valence-electron chi connectivity index (χ2n) is 15.9. The van der Waals surface area contributed by atoms with Crippen LogP contribution in [0.5, 0.6) is 0 Å². The van der Waals surface area contributed by atoms with Crippen LogP contribution in [0.15, 0.2) is 70.1 Å². The van der Waals surface area contributed by atoms with Crippen molar-refractivity contribution < 1.29 is 62.4 Å². The second kappa shape index (κ2) is 24.8. The van der Waals surface area contributed by atoms with Crippen molar-refractivity contribution in [2.24, 2.45) is 17.8 Å². The molecule has 6 aliphatic rings. The van der Waals surface area contributed by atoms with E-state index in [2.05, 4.69) is 35.7 Å². The van der Waals surface area contributed by atoms with Crippen LogP contribution in [-0.2, 0) is 37.9 Å². The number of halogens is 1. The highest BCUT2D eigenvalue weighted by molar-refractivity contribution is 7.99.